The summed E-state index contributed by atoms with van der Waals surface area (Å²) in [5.41, 5.74) is 1.73. The fourth-order valence-corrected chi connectivity index (χ4v) is 3.84. The minimum atomic E-state index is -0.249. The van der Waals surface area contributed by atoms with E-state index in [1.54, 1.807) is 34.8 Å². The SMILES string of the molecule is O=C(OCc1cncs1)N1CCC(CCOc2ccc(Cl)cc2Cl)CC1. The summed E-state index contributed by atoms with van der Waals surface area (Å²) in [6, 6.07) is 5.22. The lowest BCUT2D eigenvalue weighted by molar-refractivity contribution is 0.0807. The smallest absolute Gasteiger partial charge is 0.410 e. The summed E-state index contributed by atoms with van der Waals surface area (Å²) in [6.45, 7) is 2.32. The Labute approximate surface area is 166 Å². The molecule has 2 aromatic rings. The number of piperidine rings is 1. The van der Waals surface area contributed by atoms with Crippen LogP contribution in [0.4, 0.5) is 4.79 Å². The molecule has 0 N–H and O–H groups in total. The predicted octanol–water partition coefficient (Wildman–Crippen LogP) is 5.27. The maximum absolute atomic E-state index is 12.1. The number of aromatic nitrogens is 1. The molecule has 8 heteroatoms. The van der Waals surface area contributed by atoms with Crippen molar-refractivity contribution in [2.75, 3.05) is 19.7 Å². The summed E-state index contributed by atoms with van der Waals surface area (Å²) in [6.07, 6.45) is 4.31. The second-order valence-electron chi connectivity index (χ2n) is 6.16. The van der Waals surface area contributed by atoms with Crippen molar-refractivity contribution in [2.24, 2.45) is 5.92 Å². The third-order valence-electron chi connectivity index (χ3n) is 4.37. The van der Waals surface area contributed by atoms with E-state index in [0.29, 0.717) is 48.0 Å². The highest BCUT2D eigenvalue weighted by atomic mass is 35.5. The number of amides is 1. The number of benzene rings is 1. The average Bonchev–Trinajstić information content (AvgIpc) is 3.16. The second kappa shape index (κ2) is 9.44. The van der Waals surface area contributed by atoms with Crippen molar-refractivity contribution in [3.8, 4) is 5.75 Å². The van der Waals surface area contributed by atoms with Gasteiger partial charge < -0.3 is 14.4 Å². The first kappa shape index (κ1) is 19.3. The van der Waals surface area contributed by atoms with Gasteiger partial charge in [-0.15, -0.1) is 11.3 Å². The molecular weight excluding hydrogens is 395 g/mol. The van der Waals surface area contributed by atoms with E-state index >= 15 is 0 Å². The van der Waals surface area contributed by atoms with Crippen molar-refractivity contribution in [3.63, 3.8) is 0 Å². The van der Waals surface area contributed by atoms with Gasteiger partial charge >= 0.3 is 6.09 Å². The average molecular weight is 415 g/mol. The number of carbonyl (C=O) groups is 1. The summed E-state index contributed by atoms with van der Waals surface area (Å²) in [4.78, 5) is 18.8. The summed E-state index contributed by atoms with van der Waals surface area (Å²) < 4.78 is 11.1. The molecule has 0 aliphatic carbocycles. The standard InChI is InChI=1S/C18H20Cl2N2O3S/c19-14-1-2-17(16(20)9-14)24-8-5-13-3-6-22(7-4-13)18(23)25-11-15-10-21-12-26-15/h1-2,9-10,12-13H,3-8,11H2. The van der Waals surface area contributed by atoms with Crippen LogP contribution in [0.2, 0.25) is 10.0 Å². The Kier molecular flexibility index (Phi) is 7.00. The number of carbonyl (C=O) groups excluding carboxylic acids is 1. The lowest BCUT2D eigenvalue weighted by Crippen LogP contribution is -2.39. The zero-order chi connectivity index (χ0) is 18.4. The maximum Gasteiger partial charge on any atom is 0.410 e. The van der Waals surface area contributed by atoms with E-state index in [1.165, 1.54) is 11.3 Å². The van der Waals surface area contributed by atoms with Crippen LogP contribution in [0.1, 0.15) is 24.1 Å². The molecular formula is C18H20Cl2N2O3S. The van der Waals surface area contributed by atoms with Crippen LogP contribution in [0.5, 0.6) is 5.75 Å². The van der Waals surface area contributed by atoms with Gasteiger partial charge in [0, 0.05) is 24.3 Å². The molecule has 0 radical (unpaired) electrons. The van der Waals surface area contributed by atoms with Crippen LogP contribution in [0.3, 0.4) is 0 Å². The molecule has 0 spiro atoms. The maximum atomic E-state index is 12.1. The first-order chi connectivity index (χ1) is 12.6. The lowest BCUT2D eigenvalue weighted by Gasteiger charge is -2.31. The topological polar surface area (TPSA) is 51.7 Å². The number of rotatable bonds is 6. The number of ether oxygens (including phenoxy) is 2. The van der Waals surface area contributed by atoms with Crippen LogP contribution in [0, 0.1) is 5.92 Å². The molecule has 3 rings (SSSR count). The largest absolute Gasteiger partial charge is 0.492 e. The molecule has 1 saturated heterocycles. The van der Waals surface area contributed by atoms with Crippen molar-refractivity contribution in [1.29, 1.82) is 0 Å². The van der Waals surface area contributed by atoms with Gasteiger partial charge in [-0.3, -0.25) is 4.98 Å². The van der Waals surface area contributed by atoms with Crippen LogP contribution >= 0.6 is 34.5 Å². The lowest BCUT2D eigenvalue weighted by atomic mass is 9.94. The minimum Gasteiger partial charge on any atom is -0.492 e. The third kappa shape index (κ3) is 5.50. The minimum absolute atomic E-state index is 0.249. The molecule has 2 heterocycles. The van der Waals surface area contributed by atoms with Crippen molar-refractivity contribution in [3.05, 3.63) is 44.8 Å². The van der Waals surface area contributed by atoms with Crippen molar-refractivity contribution in [1.82, 2.24) is 9.88 Å². The first-order valence-electron chi connectivity index (χ1n) is 8.48. The van der Waals surface area contributed by atoms with Crippen molar-refractivity contribution in [2.45, 2.75) is 25.9 Å². The van der Waals surface area contributed by atoms with Crippen molar-refractivity contribution >= 4 is 40.6 Å². The Morgan fingerprint density at radius 2 is 2.12 bits per heavy atom. The number of thiazole rings is 1. The third-order valence-corrected chi connectivity index (χ3v) is 5.66. The van der Waals surface area contributed by atoms with E-state index in [4.69, 9.17) is 32.7 Å². The second-order valence-corrected chi connectivity index (χ2v) is 7.98. The van der Waals surface area contributed by atoms with Gasteiger partial charge in [0.2, 0.25) is 0 Å². The van der Waals surface area contributed by atoms with Crippen LogP contribution in [0.25, 0.3) is 0 Å². The number of halogens is 2. The normalized spacial score (nSPS) is 15.1. The number of likely N-dealkylation sites (tertiary alicyclic amines) is 1. The monoisotopic (exact) mass is 414 g/mol. The fourth-order valence-electron chi connectivity index (χ4n) is 2.87. The molecule has 5 nitrogen and oxygen atoms in total. The summed E-state index contributed by atoms with van der Waals surface area (Å²) in [7, 11) is 0. The molecule has 0 unspecified atom stereocenters. The van der Waals surface area contributed by atoms with Gasteiger partial charge in [0.25, 0.3) is 0 Å². The van der Waals surface area contributed by atoms with E-state index in [2.05, 4.69) is 4.98 Å². The highest BCUT2D eigenvalue weighted by Gasteiger charge is 2.23. The molecule has 1 aromatic carbocycles. The predicted molar refractivity (Wildman–Crippen MR) is 103 cm³/mol. The van der Waals surface area contributed by atoms with Gasteiger partial charge in [-0.2, -0.15) is 0 Å². The van der Waals surface area contributed by atoms with Gasteiger partial charge in [-0.05, 0) is 43.4 Å². The molecule has 140 valence electrons. The molecule has 1 amide bonds. The van der Waals surface area contributed by atoms with Gasteiger partial charge in [-0.1, -0.05) is 23.2 Å². The van der Waals surface area contributed by atoms with E-state index in [-0.39, 0.29) is 6.09 Å². The Hall–Kier alpha value is -1.50. The van der Waals surface area contributed by atoms with Gasteiger partial charge in [0.05, 0.1) is 22.0 Å². The highest BCUT2D eigenvalue weighted by molar-refractivity contribution is 7.09. The van der Waals surface area contributed by atoms with Crippen LogP contribution in [0.15, 0.2) is 29.9 Å². The van der Waals surface area contributed by atoms with Gasteiger partial charge in [0.15, 0.2) is 0 Å². The van der Waals surface area contributed by atoms with E-state index in [9.17, 15) is 4.79 Å². The molecule has 1 aliphatic heterocycles. The van der Waals surface area contributed by atoms with Crippen LogP contribution < -0.4 is 4.74 Å². The Morgan fingerprint density at radius 1 is 1.31 bits per heavy atom. The summed E-state index contributed by atoms with van der Waals surface area (Å²) >= 11 is 13.5. The molecule has 1 fully saturated rings. The number of nitrogens with zero attached hydrogens (tertiary/aromatic N) is 2. The van der Waals surface area contributed by atoms with Gasteiger partial charge in [-0.25, -0.2) is 4.79 Å². The van der Waals surface area contributed by atoms with E-state index < -0.39 is 0 Å². The number of hydrogen-bond donors (Lipinski definition) is 0. The molecule has 1 aliphatic rings. The van der Waals surface area contributed by atoms with E-state index in [0.717, 1.165) is 24.1 Å². The summed E-state index contributed by atoms with van der Waals surface area (Å²) in [5, 5.41) is 1.12. The van der Waals surface area contributed by atoms with Crippen molar-refractivity contribution < 1.29 is 14.3 Å². The molecule has 0 bridgehead atoms. The molecule has 0 atom stereocenters. The van der Waals surface area contributed by atoms with Crippen LogP contribution in [-0.2, 0) is 11.3 Å². The first-order valence-corrected chi connectivity index (χ1v) is 10.1. The fraction of sp³-hybridized carbons (Fsp3) is 0.444. The zero-order valence-electron chi connectivity index (χ0n) is 14.2. The van der Waals surface area contributed by atoms with Gasteiger partial charge in [0.1, 0.15) is 12.4 Å². The Morgan fingerprint density at radius 3 is 2.81 bits per heavy atom. The highest BCUT2D eigenvalue weighted by Crippen LogP contribution is 2.28. The molecule has 1 aromatic heterocycles. The van der Waals surface area contributed by atoms with E-state index in [1.807, 2.05) is 0 Å². The quantitative estimate of drug-likeness (QED) is 0.645. The summed E-state index contributed by atoms with van der Waals surface area (Å²) in [5.74, 6) is 1.19. The molecule has 26 heavy (non-hydrogen) atoms. The van der Waals surface area contributed by atoms with Crippen LogP contribution in [-0.4, -0.2) is 35.7 Å². The Balaban J connectivity index is 1.35. The Bertz CT molecular complexity index is 719. The number of hydrogen-bond acceptors (Lipinski definition) is 5. The zero-order valence-corrected chi connectivity index (χ0v) is 16.5. The molecule has 0 saturated carbocycles.